The van der Waals surface area contributed by atoms with Gasteiger partial charge in [0.15, 0.2) is 11.5 Å². The highest BCUT2D eigenvalue weighted by atomic mass is 16.7. The zero-order chi connectivity index (χ0) is 23.0. The highest BCUT2D eigenvalue weighted by molar-refractivity contribution is 6.35. The number of amides is 2. The zero-order valence-corrected chi connectivity index (χ0v) is 18.8. The molecule has 2 heterocycles. The third kappa shape index (κ3) is 5.87. The number of rotatable bonds is 8. The van der Waals surface area contributed by atoms with Crippen LogP contribution >= 0.6 is 0 Å². The molecule has 0 saturated carbocycles. The maximum Gasteiger partial charge on any atom is 0.309 e. The van der Waals surface area contributed by atoms with E-state index in [4.69, 9.17) is 14.2 Å². The Hall–Kier alpha value is -3.46. The number of piperazine rings is 1. The van der Waals surface area contributed by atoms with E-state index in [0.29, 0.717) is 18.0 Å². The Balaban J connectivity index is 1.11. The van der Waals surface area contributed by atoms with E-state index in [1.54, 1.807) is 19.2 Å². The van der Waals surface area contributed by atoms with Gasteiger partial charge in [0, 0.05) is 39.3 Å². The normalized spacial score (nSPS) is 15.2. The summed E-state index contributed by atoms with van der Waals surface area (Å²) in [6.07, 6.45) is 0.788. The largest absolute Gasteiger partial charge is 0.495 e. The van der Waals surface area contributed by atoms with Crippen molar-refractivity contribution in [1.29, 1.82) is 0 Å². The SMILES string of the molecule is COc1ccccc1N1CCN(CCCNC(=O)C(=O)NCc2ccc3c(c2)OCO3)CC1. The second-order valence-electron chi connectivity index (χ2n) is 7.98. The van der Waals surface area contributed by atoms with Gasteiger partial charge in [-0.15, -0.1) is 0 Å². The first-order valence-corrected chi connectivity index (χ1v) is 11.2. The van der Waals surface area contributed by atoms with Crippen LogP contribution in [-0.2, 0) is 16.1 Å². The van der Waals surface area contributed by atoms with Crippen LogP contribution in [0.15, 0.2) is 42.5 Å². The van der Waals surface area contributed by atoms with Gasteiger partial charge in [0.1, 0.15) is 5.75 Å². The first kappa shape index (κ1) is 22.7. The molecular weight excluding hydrogens is 424 g/mol. The van der Waals surface area contributed by atoms with Crippen LogP contribution in [-0.4, -0.2) is 69.9 Å². The fourth-order valence-corrected chi connectivity index (χ4v) is 4.00. The summed E-state index contributed by atoms with van der Waals surface area (Å²) in [6.45, 7) is 5.53. The van der Waals surface area contributed by atoms with Crippen molar-refractivity contribution in [2.75, 3.05) is 58.1 Å². The monoisotopic (exact) mass is 454 g/mol. The number of hydrogen-bond donors (Lipinski definition) is 2. The van der Waals surface area contributed by atoms with Gasteiger partial charge >= 0.3 is 11.8 Å². The van der Waals surface area contributed by atoms with Crippen LogP contribution in [0.1, 0.15) is 12.0 Å². The number of nitrogens with one attached hydrogen (secondary N) is 2. The van der Waals surface area contributed by atoms with Gasteiger partial charge in [0.05, 0.1) is 12.8 Å². The molecule has 0 unspecified atom stereocenters. The minimum absolute atomic E-state index is 0.199. The molecule has 2 aliphatic rings. The van der Waals surface area contributed by atoms with E-state index in [-0.39, 0.29) is 13.3 Å². The molecule has 0 aromatic heterocycles. The third-order valence-corrected chi connectivity index (χ3v) is 5.83. The fraction of sp³-hybridized carbons (Fsp3) is 0.417. The van der Waals surface area contributed by atoms with Gasteiger partial charge in [-0.05, 0) is 42.8 Å². The van der Waals surface area contributed by atoms with Gasteiger partial charge in [0.2, 0.25) is 6.79 Å². The predicted octanol–water partition coefficient (Wildman–Crippen LogP) is 1.37. The summed E-state index contributed by atoms with van der Waals surface area (Å²) in [6, 6.07) is 13.5. The standard InChI is InChI=1S/C24H30N4O5/c1-31-20-6-3-2-5-19(20)28-13-11-27(12-14-28)10-4-9-25-23(29)24(30)26-16-18-7-8-21-22(15-18)33-17-32-21/h2-3,5-8,15H,4,9-14,16-17H2,1H3,(H,25,29)(H,26,30). The molecule has 0 bridgehead atoms. The molecule has 33 heavy (non-hydrogen) atoms. The molecule has 2 aromatic carbocycles. The van der Waals surface area contributed by atoms with Crippen LogP contribution < -0.4 is 29.7 Å². The Morgan fingerprint density at radius 3 is 2.55 bits per heavy atom. The van der Waals surface area contributed by atoms with Crippen LogP contribution in [0, 0.1) is 0 Å². The molecular formula is C24H30N4O5. The first-order valence-electron chi connectivity index (χ1n) is 11.2. The van der Waals surface area contributed by atoms with Crippen molar-refractivity contribution >= 4 is 17.5 Å². The Morgan fingerprint density at radius 1 is 0.970 bits per heavy atom. The van der Waals surface area contributed by atoms with Crippen LogP contribution in [0.25, 0.3) is 0 Å². The third-order valence-electron chi connectivity index (χ3n) is 5.83. The van der Waals surface area contributed by atoms with Gasteiger partial charge in [-0.3, -0.25) is 14.5 Å². The molecule has 4 rings (SSSR count). The number of methoxy groups -OCH3 is 1. The lowest BCUT2D eigenvalue weighted by molar-refractivity contribution is -0.139. The highest BCUT2D eigenvalue weighted by Crippen LogP contribution is 2.32. The van der Waals surface area contributed by atoms with Crippen molar-refractivity contribution in [3.63, 3.8) is 0 Å². The Morgan fingerprint density at radius 2 is 1.73 bits per heavy atom. The molecule has 0 aliphatic carbocycles. The Kier molecular flexibility index (Phi) is 7.51. The topological polar surface area (TPSA) is 92.4 Å². The molecule has 0 atom stereocenters. The van der Waals surface area contributed by atoms with Crippen molar-refractivity contribution in [2.45, 2.75) is 13.0 Å². The van der Waals surface area contributed by atoms with Crippen molar-refractivity contribution < 1.29 is 23.8 Å². The predicted molar refractivity (Wildman–Crippen MR) is 124 cm³/mol. The Labute approximate surface area is 193 Å². The van der Waals surface area contributed by atoms with Gasteiger partial charge in [-0.1, -0.05) is 18.2 Å². The van der Waals surface area contributed by atoms with E-state index in [1.807, 2.05) is 24.3 Å². The average molecular weight is 455 g/mol. The maximum atomic E-state index is 12.1. The van der Waals surface area contributed by atoms with Crippen molar-refractivity contribution in [3.8, 4) is 17.2 Å². The average Bonchev–Trinajstić information content (AvgIpc) is 3.33. The molecule has 1 fully saturated rings. The summed E-state index contributed by atoms with van der Waals surface area (Å²) in [5.41, 5.74) is 1.96. The van der Waals surface area contributed by atoms with Crippen LogP contribution in [0.4, 0.5) is 5.69 Å². The molecule has 0 radical (unpaired) electrons. The summed E-state index contributed by atoms with van der Waals surface area (Å²) in [7, 11) is 1.70. The van der Waals surface area contributed by atoms with Crippen molar-refractivity contribution in [3.05, 3.63) is 48.0 Å². The summed E-state index contributed by atoms with van der Waals surface area (Å²) >= 11 is 0. The van der Waals surface area contributed by atoms with E-state index in [2.05, 4.69) is 26.5 Å². The first-order chi connectivity index (χ1) is 16.1. The van der Waals surface area contributed by atoms with E-state index < -0.39 is 11.8 Å². The summed E-state index contributed by atoms with van der Waals surface area (Å²) in [5, 5.41) is 5.34. The number of para-hydroxylation sites is 2. The van der Waals surface area contributed by atoms with E-state index in [9.17, 15) is 9.59 Å². The number of hydrogen-bond acceptors (Lipinski definition) is 7. The smallest absolute Gasteiger partial charge is 0.309 e. The number of carbonyl (C=O) groups excluding carboxylic acids is 2. The number of carbonyl (C=O) groups is 2. The molecule has 2 aromatic rings. The summed E-state index contributed by atoms with van der Waals surface area (Å²) in [4.78, 5) is 28.8. The number of benzene rings is 2. The number of anilines is 1. The number of ether oxygens (including phenoxy) is 3. The highest BCUT2D eigenvalue weighted by Gasteiger charge is 2.20. The lowest BCUT2D eigenvalue weighted by Crippen LogP contribution is -2.47. The second-order valence-corrected chi connectivity index (χ2v) is 7.98. The molecule has 2 aliphatic heterocycles. The summed E-state index contributed by atoms with van der Waals surface area (Å²) < 4.78 is 16.1. The van der Waals surface area contributed by atoms with Gasteiger partial charge in [-0.25, -0.2) is 0 Å². The fourth-order valence-electron chi connectivity index (χ4n) is 4.00. The molecule has 9 nitrogen and oxygen atoms in total. The van der Waals surface area contributed by atoms with E-state index in [0.717, 1.165) is 56.1 Å². The van der Waals surface area contributed by atoms with Gasteiger partial charge in [-0.2, -0.15) is 0 Å². The van der Waals surface area contributed by atoms with Crippen LogP contribution in [0.2, 0.25) is 0 Å². The number of fused-ring (bicyclic) bond motifs is 1. The molecule has 176 valence electrons. The molecule has 2 amide bonds. The molecule has 9 heteroatoms. The van der Waals surface area contributed by atoms with E-state index >= 15 is 0 Å². The van der Waals surface area contributed by atoms with Gasteiger partial charge < -0.3 is 29.7 Å². The van der Waals surface area contributed by atoms with Gasteiger partial charge in [0.25, 0.3) is 0 Å². The van der Waals surface area contributed by atoms with Crippen LogP contribution in [0.5, 0.6) is 17.2 Å². The quantitative estimate of drug-likeness (QED) is 0.460. The van der Waals surface area contributed by atoms with E-state index in [1.165, 1.54) is 0 Å². The Bertz CT molecular complexity index is 975. The number of nitrogens with zero attached hydrogens (tertiary/aromatic N) is 2. The lowest BCUT2D eigenvalue weighted by Gasteiger charge is -2.36. The lowest BCUT2D eigenvalue weighted by atomic mass is 10.2. The minimum atomic E-state index is -0.641. The zero-order valence-electron chi connectivity index (χ0n) is 18.8. The molecule has 0 spiro atoms. The minimum Gasteiger partial charge on any atom is -0.495 e. The molecule has 1 saturated heterocycles. The maximum absolute atomic E-state index is 12.1. The summed E-state index contributed by atoms with van der Waals surface area (Å²) in [5.74, 6) is 0.972. The van der Waals surface area contributed by atoms with Crippen molar-refractivity contribution in [1.82, 2.24) is 15.5 Å². The van der Waals surface area contributed by atoms with Crippen LogP contribution in [0.3, 0.4) is 0 Å². The molecule has 2 N–H and O–H groups in total. The second kappa shape index (κ2) is 10.9. The van der Waals surface area contributed by atoms with Crippen molar-refractivity contribution in [2.24, 2.45) is 0 Å².